The van der Waals surface area contributed by atoms with Crippen LogP contribution in [0.25, 0.3) is 16.9 Å². The minimum atomic E-state index is 0.172. The lowest BCUT2D eigenvalue weighted by atomic mass is 10.3. The van der Waals surface area contributed by atoms with Crippen molar-refractivity contribution in [3.05, 3.63) is 41.8 Å². The largest absolute Gasteiger partial charge is 0.462 e. The van der Waals surface area contributed by atoms with Crippen molar-refractivity contribution in [2.45, 2.75) is 12.8 Å². The van der Waals surface area contributed by atoms with E-state index in [9.17, 15) is 4.79 Å². The predicted molar refractivity (Wildman–Crippen MR) is 93.0 cm³/mol. The number of benzene rings is 1. The summed E-state index contributed by atoms with van der Waals surface area (Å²) in [6.07, 6.45) is 4.71. The number of fused-ring (bicyclic) bond motifs is 1. The molecule has 0 atom stereocenters. The lowest BCUT2D eigenvalue weighted by Gasteiger charge is -2.15. The van der Waals surface area contributed by atoms with Gasteiger partial charge in [-0.3, -0.25) is 9.36 Å². The number of amides is 1. The van der Waals surface area contributed by atoms with E-state index in [1.165, 1.54) is 6.20 Å². The number of imidazole rings is 1. The van der Waals surface area contributed by atoms with Crippen LogP contribution in [-0.2, 0) is 4.79 Å². The second-order valence-electron chi connectivity index (χ2n) is 5.76. The highest BCUT2D eigenvalue weighted by atomic mass is 35.5. The lowest BCUT2D eigenvalue weighted by molar-refractivity contribution is -0.128. The second kappa shape index (κ2) is 6.68. The Balaban J connectivity index is 1.53. The first-order chi connectivity index (χ1) is 12.2. The molecule has 0 saturated carbocycles. The van der Waals surface area contributed by atoms with Gasteiger partial charge in [0.15, 0.2) is 5.82 Å². The van der Waals surface area contributed by atoms with Crippen molar-refractivity contribution in [3.63, 3.8) is 0 Å². The molecule has 8 heteroatoms. The van der Waals surface area contributed by atoms with Gasteiger partial charge in [0.25, 0.3) is 0 Å². The van der Waals surface area contributed by atoms with Crippen molar-refractivity contribution in [2.24, 2.45) is 0 Å². The van der Waals surface area contributed by atoms with Crippen molar-refractivity contribution in [1.82, 2.24) is 24.4 Å². The van der Waals surface area contributed by atoms with Crippen LogP contribution in [0.2, 0.25) is 5.02 Å². The first-order valence-corrected chi connectivity index (χ1v) is 8.46. The molecule has 0 aliphatic carbocycles. The fourth-order valence-electron chi connectivity index (χ4n) is 2.90. The Kier molecular flexibility index (Phi) is 4.23. The first kappa shape index (κ1) is 15.8. The van der Waals surface area contributed by atoms with Crippen LogP contribution in [0.4, 0.5) is 0 Å². The highest BCUT2D eigenvalue weighted by Gasteiger charge is 2.19. The average Bonchev–Trinajstić information content (AvgIpc) is 3.23. The molecule has 1 aliphatic rings. The summed E-state index contributed by atoms with van der Waals surface area (Å²) >= 11 is 6.26. The summed E-state index contributed by atoms with van der Waals surface area (Å²) in [5.74, 6) is 0.684. The van der Waals surface area contributed by atoms with Crippen molar-refractivity contribution in [2.75, 3.05) is 19.7 Å². The molecule has 0 radical (unpaired) electrons. The number of para-hydroxylation sites is 2. The third-order valence-electron chi connectivity index (χ3n) is 4.15. The Morgan fingerprint density at radius 1 is 1.24 bits per heavy atom. The highest BCUT2D eigenvalue weighted by molar-refractivity contribution is 6.32. The summed E-state index contributed by atoms with van der Waals surface area (Å²) in [6, 6.07) is 7.95. The zero-order valence-corrected chi connectivity index (χ0v) is 14.2. The highest BCUT2D eigenvalue weighted by Crippen LogP contribution is 2.23. The number of carbonyl (C=O) groups is 1. The zero-order valence-electron chi connectivity index (χ0n) is 13.4. The van der Waals surface area contributed by atoms with Gasteiger partial charge in [-0.1, -0.05) is 23.7 Å². The summed E-state index contributed by atoms with van der Waals surface area (Å²) < 4.78 is 7.42. The van der Waals surface area contributed by atoms with Gasteiger partial charge in [0, 0.05) is 13.0 Å². The molecule has 1 amide bonds. The number of rotatable bonds is 5. The molecule has 1 aliphatic heterocycles. The van der Waals surface area contributed by atoms with Gasteiger partial charge in [0.2, 0.25) is 5.91 Å². The van der Waals surface area contributed by atoms with Gasteiger partial charge in [-0.25, -0.2) is 9.97 Å². The Hall–Kier alpha value is -2.67. The molecule has 1 saturated heterocycles. The smallest absolute Gasteiger partial charge is 0.318 e. The van der Waals surface area contributed by atoms with E-state index in [-0.39, 0.29) is 11.9 Å². The molecule has 1 aromatic carbocycles. The maximum Gasteiger partial charge on any atom is 0.318 e. The number of halogens is 1. The fraction of sp³-hybridized carbons (Fsp3) is 0.294. The quantitative estimate of drug-likeness (QED) is 0.701. The summed E-state index contributed by atoms with van der Waals surface area (Å²) in [4.78, 5) is 26.3. The standard InChI is InChI=1S/C17H16ClN5O2/c18-12-10-19-17(25-9-8-22-7-3-6-15(22)24)21-16(12)23-11-20-13-4-1-2-5-14(13)23/h1-2,4-5,10-11H,3,6-9H2. The molecule has 128 valence electrons. The van der Waals surface area contributed by atoms with Crippen LogP contribution in [0.3, 0.4) is 0 Å². The van der Waals surface area contributed by atoms with Gasteiger partial charge in [0.05, 0.1) is 23.8 Å². The molecule has 3 heterocycles. The maximum absolute atomic E-state index is 11.6. The molecule has 4 rings (SSSR count). The SMILES string of the molecule is O=C1CCCN1CCOc1ncc(Cl)c(-n2cnc3ccccc32)n1. The molecule has 3 aromatic rings. The van der Waals surface area contributed by atoms with Crippen LogP contribution in [0.1, 0.15) is 12.8 Å². The van der Waals surface area contributed by atoms with E-state index in [0.717, 1.165) is 24.0 Å². The van der Waals surface area contributed by atoms with E-state index in [0.29, 0.717) is 30.4 Å². The molecule has 1 fully saturated rings. The van der Waals surface area contributed by atoms with Gasteiger partial charge >= 0.3 is 6.01 Å². The lowest BCUT2D eigenvalue weighted by Crippen LogP contribution is -2.29. The molecule has 25 heavy (non-hydrogen) atoms. The van der Waals surface area contributed by atoms with E-state index >= 15 is 0 Å². The van der Waals surface area contributed by atoms with Crippen molar-refractivity contribution in [3.8, 4) is 11.8 Å². The number of hydrogen-bond acceptors (Lipinski definition) is 5. The normalized spacial score (nSPS) is 14.4. The molecule has 0 unspecified atom stereocenters. The monoisotopic (exact) mass is 357 g/mol. The minimum Gasteiger partial charge on any atom is -0.462 e. The number of likely N-dealkylation sites (tertiary alicyclic amines) is 1. The van der Waals surface area contributed by atoms with Crippen LogP contribution in [0.5, 0.6) is 6.01 Å². The molecular formula is C17H16ClN5O2. The predicted octanol–water partition coefficient (Wildman–Crippen LogP) is 2.47. The Labute approximate surface area is 149 Å². The number of carbonyl (C=O) groups excluding carboxylic acids is 1. The number of hydrogen-bond donors (Lipinski definition) is 0. The van der Waals surface area contributed by atoms with Crippen LogP contribution < -0.4 is 4.74 Å². The second-order valence-corrected chi connectivity index (χ2v) is 6.17. The maximum atomic E-state index is 11.6. The van der Waals surface area contributed by atoms with Crippen LogP contribution in [0, 0.1) is 0 Å². The Morgan fingerprint density at radius 3 is 2.96 bits per heavy atom. The Bertz CT molecular complexity index is 926. The molecule has 0 bridgehead atoms. The first-order valence-electron chi connectivity index (χ1n) is 8.08. The van der Waals surface area contributed by atoms with Crippen molar-refractivity contribution in [1.29, 1.82) is 0 Å². The fourth-order valence-corrected chi connectivity index (χ4v) is 3.08. The third kappa shape index (κ3) is 3.15. The molecule has 0 spiro atoms. The molecular weight excluding hydrogens is 342 g/mol. The number of ether oxygens (including phenoxy) is 1. The van der Waals surface area contributed by atoms with Gasteiger partial charge in [0.1, 0.15) is 18.0 Å². The van der Waals surface area contributed by atoms with E-state index in [1.807, 2.05) is 24.3 Å². The van der Waals surface area contributed by atoms with Crippen molar-refractivity contribution < 1.29 is 9.53 Å². The van der Waals surface area contributed by atoms with E-state index < -0.39 is 0 Å². The summed E-state index contributed by atoms with van der Waals surface area (Å²) in [5.41, 5.74) is 1.75. The average molecular weight is 358 g/mol. The van der Waals surface area contributed by atoms with Gasteiger partial charge < -0.3 is 9.64 Å². The van der Waals surface area contributed by atoms with E-state index in [2.05, 4.69) is 15.0 Å². The topological polar surface area (TPSA) is 73.1 Å². The van der Waals surface area contributed by atoms with E-state index in [4.69, 9.17) is 16.3 Å². The van der Waals surface area contributed by atoms with Gasteiger partial charge in [-0.2, -0.15) is 4.98 Å². The van der Waals surface area contributed by atoms with Crippen LogP contribution in [0.15, 0.2) is 36.8 Å². The molecule has 7 nitrogen and oxygen atoms in total. The van der Waals surface area contributed by atoms with Gasteiger partial charge in [-0.05, 0) is 18.6 Å². The molecule has 2 aromatic heterocycles. The Morgan fingerprint density at radius 2 is 2.12 bits per heavy atom. The summed E-state index contributed by atoms with van der Waals surface area (Å²) in [7, 11) is 0. The van der Waals surface area contributed by atoms with E-state index in [1.54, 1.807) is 15.8 Å². The summed E-state index contributed by atoms with van der Waals surface area (Å²) in [5, 5.41) is 0.408. The number of nitrogens with zero attached hydrogens (tertiary/aromatic N) is 5. The van der Waals surface area contributed by atoms with Gasteiger partial charge in [-0.15, -0.1) is 0 Å². The van der Waals surface area contributed by atoms with Crippen LogP contribution in [-0.4, -0.2) is 50.0 Å². The minimum absolute atomic E-state index is 0.172. The zero-order chi connectivity index (χ0) is 17.2. The van der Waals surface area contributed by atoms with Crippen LogP contribution >= 0.6 is 11.6 Å². The summed E-state index contributed by atoms with van der Waals surface area (Å²) in [6.45, 7) is 1.67. The van der Waals surface area contributed by atoms with Crippen molar-refractivity contribution >= 4 is 28.5 Å². The number of aromatic nitrogens is 4. The molecule has 0 N–H and O–H groups in total. The third-order valence-corrected chi connectivity index (χ3v) is 4.42.